The molecule has 178 valence electrons. The second kappa shape index (κ2) is 17.1. The molecule has 0 aliphatic heterocycles. The zero-order valence-electron chi connectivity index (χ0n) is 20.2. The first kappa shape index (κ1) is 30.6. The van der Waals surface area contributed by atoms with Crippen LogP contribution in [0.5, 0.6) is 17.2 Å². The van der Waals surface area contributed by atoms with Crippen LogP contribution in [0.3, 0.4) is 0 Å². The predicted molar refractivity (Wildman–Crippen MR) is 127 cm³/mol. The third-order valence-corrected chi connectivity index (χ3v) is 6.53. The molecule has 0 saturated carbocycles. The Labute approximate surface area is 242 Å². The van der Waals surface area contributed by atoms with Gasteiger partial charge in [-0.1, -0.05) is 95.2 Å². The van der Waals surface area contributed by atoms with Crippen LogP contribution in [0, 0.1) is 0 Å². The van der Waals surface area contributed by atoms with Crippen molar-refractivity contribution in [2.45, 2.75) is 95.3 Å². The summed E-state index contributed by atoms with van der Waals surface area (Å²) in [5, 5.41) is 12.4. The van der Waals surface area contributed by atoms with Crippen LogP contribution in [-0.4, -0.2) is 13.0 Å². The zero-order valence-corrected chi connectivity index (χ0v) is 24.2. The van der Waals surface area contributed by atoms with Crippen molar-refractivity contribution in [3.05, 3.63) is 48.0 Å². The standard InChI is InChI=1S/C26H38O5S.K/c1-2-3-4-5-6-7-8-9-10-11-12-13-15-22-18-19-24(21-26(22)27)31-23-16-14-17-25(20-23)32(28,29)30;/h14,16-21,27H,2-13,15H2,1H3,(H,28,29,30);/q;+1/p-1. The number of ether oxygens (including phenoxy) is 1. The third-order valence-electron chi connectivity index (χ3n) is 5.68. The first-order chi connectivity index (χ1) is 15.4. The van der Waals surface area contributed by atoms with Crippen LogP contribution >= 0.6 is 0 Å². The van der Waals surface area contributed by atoms with E-state index >= 15 is 0 Å². The number of hydrogen-bond donors (Lipinski definition) is 1. The van der Waals surface area contributed by atoms with Crippen molar-refractivity contribution in [3.63, 3.8) is 0 Å². The van der Waals surface area contributed by atoms with E-state index < -0.39 is 10.1 Å². The van der Waals surface area contributed by atoms with Gasteiger partial charge in [0.15, 0.2) is 0 Å². The number of hydrogen-bond acceptors (Lipinski definition) is 4. The Balaban J connectivity index is 0.00000544. The molecule has 0 atom stereocenters. The SMILES string of the molecule is CCCCCCCCCCCCCCc1ccc(Oc2cccc(S(=O)(=O)O)c2)cc1[O-].[K+]. The molecule has 7 heteroatoms. The molecule has 2 rings (SSSR count). The topological polar surface area (TPSA) is 86.7 Å². The second-order valence-corrected chi connectivity index (χ2v) is 9.88. The second-order valence-electron chi connectivity index (χ2n) is 8.46. The largest absolute Gasteiger partial charge is 1.00 e. The first-order valence-corrected chi connectivity index (χ1v) is 13.4. The van der Waals surface area contributed by atoms with E-state index in [-0.39, 0.29) is 67.8 Å². The molecule has 0 heterocycles. The summed E-state index contributed by atoms with van der Waals surface area (Å²) in [6.45, 7) is 2.25. The number of unbranched alkanes of at least 4 members (excludes halogenated alkanes) is 11. The van der Waals surface area contributed by atoms with Gasteiger partial charge in [-0.15, -0.1) is 5.75 Å². The molecule has 0 aliphatic rings. The van der Waals surface area contributed by atoms with Crippen molar-refractivity contribution < 1.29 is 74.2 Å². The fraction of sp³-hybridized carbons (Fsp3) is 0.538. The Bertz CT molecular complexity index is 915. The molecule has 0 aromatic heterocycles. The molecular weight excluding hydrogens is 463 g/mol. The van der Waals surface area contributed by atoms with Crippen LogP contribution in [0.25, 0.3) is 0 Å². The maximum absolute atomic E-state index is 12.4. The molecule has 5 nitrogen and oxygen atoms in total. The predicted octanol–water partition coefficient (Wildman–Crippen LogP) is 4.05. The van der Waals surface area contributed by atoms with Crippen LogP contribution < -0.4 is 61.2 Å². The van der Waals surface area contributed by atoms with Gasteiger partial charge in [-0.05, 0) is 37.1 Å². The molecule has 2 aromatic carbocycles. The van der Waals surface area contributed by atoms with E-state index in [1.807, 2.05) is 0 Å². The fourth-order valence-electron chi connectivity index (χ4n) is 3.80. The van der Waals surface area contributed by atoms with Crippen molar-refractivity contribution in [1.82, 2.24) is 0 Å². The van der Waals surface area contributed by atoms with Crippen molar-refractivity contribution in [2.75, 3.05) is 0 Å². The van der Waals surface area contributed by atoms with Gasteiger partial charge < -0.3 is 9.84 Å². The average molecular weight is 501 g/mol. The van der Waals surface area contributed by atoms with Gasteiger partial charge in [0, 0.05) is 6.07 Å². The summed E-state index contributed by atoms with van der Waals surface area (Å²) in [7, 11) is -4.30. The van der Waals surface area contributed by atoms with Gasteiger partial charge in [-0.3, -0.25) is 4.55 Å². The molecule has 0 unspecified atom stereocenters. The normalized spacial score (nSPS) is 11.2. The molecule has 0 saturated heterocycles. The third kappa shape index (κ3) is 12.7. The van der Waals surface area contributed by atoms with Crippen LogP contribution in [0.2, 0.25) is 0 Å². The van der Waals surface area contributed by atoms with E-state index in [9.17, 15) is 13.5 Å². The van der Waals surface area contributed by atoms with Gasteiger partial charge in [0.25, 0.3) is 10.1 Å². The van der Waals surface area contributed by atoms with Gasteiger partial charge in [0.05, 0.1) is 4.90 Å². The molecule has 33 heavy (non-hydrogen) atoms. The molecule has 0 radical (unpaired) electrons. The molecule has 0 amide bonds. The van der Waals surface area contributed by atoms with Gasteiger partial charge in [0.1, 0.15) is 11.5 Å². The van der Waals surface area contributed by atoms with E-state index in [2.05, 4.69) is 6.92 Å². The van der Waals surface area contributed by atoms with Crippen LogP contribution in [0.15, 0.2) is 47.4 Å². The van der Waals surface area contributed by atoms with Gasteiger partial charge in [0.2, 0.25) is 0 Å². The summed E-state index contributed by atoms with van der Waals surface area (Å²) >= 11 is 0. The summed E-state index contributed by atoms with van der Waals surface area (Å²) in [5.41, 5.74) is 0.774. The summed E-state index contributed by atoms with van der Waals surface area (Å²) in [5.74, 6) is 0.519. The summed E-state index contributed by atoms with van der Waals surface area (Å²) in [6, 6.07) is 10.5. The van der Waals surface area contributed by atoms with Crippen LogP contribution in [0.4, 0.5) is 0 Å². The fourth-order valence-corrected chi connectivity index (χ4v) is 4.31. The Kier molecular flexibility index (Phi) is 15.9. The number of benzene rings is 2. The van der Waals surface area contributed by atoms with Gasteiger partial charge in [-0.25, -0.2) is 0 Å². The summed E-state index contributed by atoms with van der Waals surface area (Å²) in [6.07, 6.45) is 16.2. The van der Waals surface area contributed by atoms with Gasteiger partial charge in [-0.2, -0.15) is 8.42 Å². The Morgan fingerprint density at radius 1 is 0.788 bits per heavy atom. The summed E-state index contributed by atoms with van der Waals surface area (Å²) in [4.78, 5) is -0.249. The quantitative estimate of drug-likeness (QED) is 0.213. The Morgan fingerprint density at radius 2 is 1.33 bits per heavy atom. The van der Waals surface area contributed by atoms with Crippen molar-refractivity contribution in [3.8, 4) is 17.2 Å². The molecule has 1 N–H and O–H groups in total. The van der Waals surface area contributed by atoms with E-state index in [0.29, 0.717) is 5.75 Å². The van der Waals surface area contributed by atoms with Crippen LogP contribution in [-0.2, 0) is 16.5 Å². The molecule has 0 bridgehead atoms. The minimum Gasteiger partial charge on any atom is -0.872 e. The van der Waals surface area contributed by atoms with E-state index in [1.165, 1.54) is 88.5 Å². The van der Waals surface area contributed by atoms with E-state index in [0.717, 1.165) is 24.8 Å². The average Bonchev–Trinajstić information content (AvgIpc) is 2.75. The summed E-state index contributed by atoms with van der Waals surface area (Å²) < 4.78 is 37.2. The molecule has 0 fully saturated rings. The Hall–Kier alpha value is -0.414. The molecule has 0 spiro atoms. The molecule has 2 aromatic rings. The minimum atomic E-state index is -4.30. The monoisotopic (exact) mass is 500 g/mol. The molecular formula is C26H37KO5S. The maximum Gasteiger partial charge on any atom is 1.00 e. The van der Waals surface area contributed by atoms with Crippen molar-refractivity contribution in [2.24, 2.45) is 0 Å². The zero-order chi connectivity index (χ0) is 23.2. The van der Waals surface area contributed by atoms with E-state index in [4.69, 9.17) is 9.29 Å². The van der Waals surface area contributed by atoms with Gasteiger partial charge >= 0.3 is 51.4 Å². The number of rotatable bonds is 16. The maximum atomic E-state index is 12.4. The smallest absolute Gasteiger partial charge is 0.872 e. The minimum absolute atomic E-state index is 0. The Morgan fingerprint density at radius 3 is 1.88 bits per heavy atom. The van der Waals surface area contributed by atoms with Crippen molar-refractivity contribution in [1.29, 1.82) is 0 Å². The molecule has 0 aliphatic carbocycles. The number of aryl methyl sites for hydroxylation is 1. The van der Waals surface area contributed by atoms with Crippen LogP contribution in [0.1, 0.15) is 89.5 Å². The van der Waals surface area contributed by atoms with Crippen molar-refractivity contribution >= 4 is 10.1 Å². The van der Waals surface area contributed by atoms with E-state index in [1.54, 1.807) is 18.2 Å². The first-order valence-electron chi connectivity index (χ1n) is 12.0.